The molecule has 1 aliphatic rings. The van der Waals surface area contributed by atoms with E-state index in [1.807, 2.05) is 20.8 Å². The van der Waals surface area contributed by atoms with Crippen LogP contribution in [0.4, 0.5) is 0 Å². The molecule has 0 amide bonds. The van der Waals surface area contributed by atoms with Crippen molar-refractivity contribution < 1.29 is 14.6 Å². The first-order valence-corrected chi connectivity index (χ1v) is 5.85. The van der Waals surface area contributed by atoms with Crippen LogP contribution in [0.1, 0.15) is 27.2 Å². The molecule has 4 nitrogen and oxygen atoms in total. The molecule has 4 heteroatoms. The Hall–Kier alpha value is -0.610. The van der Waals surface area contributed by atoms with E-state index in [0.29, 0.717) is 12.5 Å². The van der Waals surface area contributed by atoms with Gasteiger partial charge >= 0.3 is 5.97 Å². The molecule has 0 saturated carbocycles. The molecule has 94 valence electrons. The van der Waals surface area contributed by atoms with Crippen molar-refractivity contribution in [2.24, 2.45) is 11.3 Å². The van der Waals surface area contributed by atoms with Gasteiger partial charge in [-0.2, -0.15) is 0 Å². The minimum atomic E-state index is -0.470. The van der Waals surface area contributed by atoms with Crippen LogP contribution < -0.4 is 0 Å². The maximum atomic E-state index is 11.5. The number of likely N-dealkylation sites (tertiary alicyclic amines) is 1. The summed E-state index contributed by atoms with van der Waals surface area (Å²) in [5, 5.41) is 9.51. The highest BCUT2D eigenvalue weighted by Crippen LogP contribution is 2.25. The average Bonchev–Trinajstić information content (AvgIpc) is 2.64. The molecule has 1 N–H and O–H groups in total. The lowest BCUT2D eigenvalue weighted by atomic mass is 9.93. The molecule has 0 aromatic rings. The van der Waals surface area contributed by atoms with Crippen molar-refractivity contribution in [3.63, 3.8) is 0 Å². The normalized spacial score (nSPS) is 24.4. The number of ether oxygens (including phenoxy) is 1. The highest BCUT2D eigenvalue weighted by atomic mass is 16.5. The highest BCUT2D eigenvalue weighted by Gasteiger charge is 2.34. The maximum Gasteiger partial charge on any atom is 0.312 e. The number of nitrogens with zero attached hydrogens (tertiary/aromatic N) is 1. The van der Waals surface area contributed by atoms with Gasteiger partial charge in [-0.3, -0.25) is 4.79 Å². The molecule has 1 heterocycles. The number of aliphatic hydroxyl groups excluding tert-OH is 1. The third-order valence-electron chi connectivity index (χ3n) is 3.35. The lowest BCUT2D eigenvalue weighted by molar-refractivity contribution is -0.151. The summed E-state index contributed by atoms with van der Waals surface area (Å²) in [7, 11) is 1.42. The predicted molar refractivity (Wildman–Crippen MR) is 62.0 cm³/mol. The lowest BCUT2D eigenvalue weighted by Gasteiger charge is -2.27. The molecule has 0 aromatic carbocycles. The number of esters is 1. The van der Waals surface area contributed by atoms with Crippen LogP contribution in [0.15, 0.2) is 0 Å². The van der Waals surface area contributed by atoms with Crippen LogP contribution in [0.25, 0.3) is 0 Å². The molecule has 2 atom stereocenters. The van der Waals surface area contributed by atoms with E-state index in [2.05, 4.69) is 4.90 Å². The van der Waals surface area contributed by atoms with E-state index < -0.39 is 5.41 Å². The standard InChI is InChI=1S/C12H23NO3/c1-9(14)10-5-6-13(7-10)8-12(2,3)11(15)16-4/h9-10,14H,5-8H2,1-4H3. The van der Waals surface area contributed by atoms with Gasteiger partial charge in [-0.15, -0.1) is 0 Å². The Labute approximate surface area is 97.6 Å². The van der Waals surface area contributed by atoms with Gasteiger partial charge in [0.25, 0.3) is 0 Å². The number of methoxy groups -OCH3 is 1. The van der Waals surface area contributed by atoms with E-state index in [-0.39, 0.29) is 12.1 Å². The smallest absolute Gasteiger partial charge is 0.312 e. The Morgan fingerprint density at radius 3 is 2.69 bits per heavy atom. The fraction of sp³-hybridized carbons (Fsp3) is 0.917. The third-order valence-corrected chi connectivity index (χ3v) is 3.35. The van der Waals surface area contributed by atoms with Crippen molar-refractivity contribution in [2.75, 3.05) is 26.7 Å². The van der Waals surface area contributed by atoms with Crippen LogP contribution in [0.3, 0.4) is 0 Å². The predicted octanol–water partition coefficient (Wildman–Crippen LogP) is 0.888. The summed E-state index contributed by atoms with van der Waals surface area (Å²) in [6.07, 6.45) is 0.751. The monoisotopic (exact) mass is 229 g/mol. The molecule has 1 aliphatic heterocycles. The molecule has 0 bridgehead atoms. The largest absolute Gasteiger partial charge is 0.469 e. The van der Waals surface area contributed by atoms with Gasteiger partial charge in [-0.05, 0) is 39.7 Å². The summed E-state index contributed by atoms with van der Waals surface area (Å²) in [6.45, 7) is 8.15. The van der Waals surface area contributed by atoms with E-state index in [1.165, 1.54) is 7.11 Å². The van der Waals surface area contributed by atoms with Crippen LogP contribution in [-0.4, -0.2) is 48.8 Å². The minimum absolute atomic E-state index is 0.173. The number of aliphatic hydroxyl groups is 1. The molecule has 0 aromatic heterocycles. The second-order valence-electron chi connectivity index (χ2n) is 5.40. The van der Waals surface area contributed by atoms with E-state index >= 15 is 0 Å². The van der Waals surface area contributed by atoms with Crippen LogP contribution in [0.5, 0.6) is 0 Å². The first-order chi connectivity index (χ1) is 7.36. The first kappa shape index (κ1) is 13.5. The Kier molecular flexibility index (Phi) is 4.33. The molecule has 0 radical (unpaired) electrons. The van der Waals surface area contributed by atoms with Crippen LogP contribution in [-0.2, 0) is 9.53 Å². The van der Waals surface area contributed by atoms with E-state index in [4.69, 9.17) is 4.74 Å². The zero-order valence-corrected chi connectivity index (χ0v) is 10.7. The summed E-state index contributed by atoms with van der Waals surface area (Å²) in [5.41, 5.74) is -0.470. The zero-order valence-electron chi connectivity index (χ0n) is 10.7. The molecule has 0 spiro atoms. The number of carbonyl (C=O) groups excluding carboxylic acids is 1. The summed E-state index contributed by atoms with van der Waals surface area (Å²) in [4.78, 5) is 13.8. The Morgan fingerprint density at radius 2 is 2.25 bits per heavy atom. The zero-order chi connectivity index (χ0) is 12.3. The first-order valence-electron chi connectivity index (χ1n) is 5.85. The van der Waals surface area contributed by atoms with Crippen molar-refractivity contribution in [3.05, 3.63) is 0 Å². The molecule has 2 unspecified atom stereocenters. The molecular weight excluding hydrogens is 206 g/mol. The topological polar surface area (TPSA) is 49.8 Å². The van der Waals surface area contributed by atoms with Crippen molar-refractivity contribution in [2.45, 2.75) is 33.3 Å². The van der Waals surface area contributed by atoms with Crippen molar-refractivity contribution in [3.8, 4) is 0 Å². The highest BCUT2D eigenvalue weighted by molar-refractivity contribution is 5.76. The van der Waals surface area contributed by atoms with Gasteiger partial charge in [0.05, 0.1) is 18.6 Å². The second kappa shape index (κ2) is 5.15. The molecule has 1 rings (SSSR count). The van der Waals surface area contributed by atoms with Gasteiger partial charge in [-0.1, -0.05) is 0 Å². The summed E-state index contributed by atoms with van der Waals surface area (Å²) in [5.74, 6) is 0.168. The van der Waals surface area contributed by atoms with Crippen molar-refractivity contribution in [1.82, 2.24) is 4.90 Å². The van der Waals surface area contributed by atoms with Gasteiger partial charge in [0.15, 0.2) is 0 Å². The summed E-state index contributed by atoms with van der Waals surface area (Å²) < 4.78 is 4.78. The molecule has 1 saturated heterocycles. The van der Waals surface area contributed by atoms with E-state index in [9.17, 15) is 9.90 Å². The molecular formula is C12H23NO3. The summed E-state index contributed by atoms with van der Waals surface area (Å²) in [6, 6.07) is 0. The molecule has 16 heavy (non-hydrogen) atoms. The van der Waals surface area contributed by atoms with Gasteiger partial charge in [0.1, 0.15) is 0 Å². The number of rotatable bonds is 4. The molecule has 1 fully saturated rings. The number of carbonyl (C=O) groups is 1. The van der Waals surface area contributed by atoms with Crippen molar-refractivity contribution in [1.29, 1.82) is 0 Å². The third kappa shape index (κ3) is 3.19. The van der Waals surface area contributed by atoms with Gasteiger partial charge in [0.2, 0.25) is 0 Å². The lowest BCUT2D eigenvalue weighted by Crippen LogP contribution is -2.39. The maximum absolute atomic E-state index is 11.5. The van der Waals surface area contributed by atoms with Crippen LogP contribution >= 0.6 is 0 Å². The Morgan fingerprint density at radius 1 is 1.62 bits per heavy atom. The fourth-order valence-electron chi connectivity index (χ4n) is 2.30. The van der Waals surface area contributed by atoms with Gasteiger partial charge in [-0.25, -0.2) is 0 Å². The fourth-order valence-corrected chi connectivity index (χ4v) is 2.30. The van der Waals surface area contributed by atoms with E-state index in [1.54, 1.807) is 0 Å². The quantitative estimate of drug-likeness (QED) is 0.727. The Bertz CT molecular complexity index is 251. The SMILES string of the molecule is COC(=O)C(C)(C)CN1CCC(C(C)O)C1. The minimum Gasteiger partial charge on any atom is -0.469 e. The number of hydrogen-bond donors (Lipinski definition) is 1. The molecule has 0 aliphatic carbocycles. The summed E-state index contributed by atoms with van der Waals surface area (Å²) >= 11 is 0. The number of hydrogen-bond acceptors (Lipinski definition) is 4. The second-order valence-corrected chi connectivity index (χ2v) is 5.40. The van der Waals surface area contributed by atoms with Crippen LogP contribution in [0, 0.1) is 11.3 Å². The Balaban J connectivity index is 2.47. The van der Waals surface area contributed by atoms with E-state index in [0.717, 1.165) is 19.5 Å². The average molecular weight is 229 g/mol. The van der Waals surface area contributed by atoms with Gasteiger partial charge in [0, 0.05) is 13.1 Å². The van der Waals surface area contributed by atoms with Crippen LogP contribution in [0.2, 0.25) is 0 Å². The van der Waals surface area contributed by atoms with Crippen molar-refractivity contribution >= 4 is 5.97 Å². The van der Waals surface area contributed by atoms with Gasteiger partial charge < -0.3 is 14.7 Å².